The number of rotatable bonds is 6. The second-order valence-corrected chi connectivity index (χ2v) is 9.02. The molecule has 7 heteroatoms. The zero-order chi connectivity index (χ0) is 25.2. The van der Waals surface area contributed by atoms with Crippen molar-refractivity contribution >= 4 is 16.8 Å². The van der Waals surface area contributed by atoms with E-state index in [1.165, 1.54) is 4.57 Å². The lowest BCUT2D eigenvalue weighted by atomic mass is 9.87. The summed E-state index contributed by atoms with van der Waals surface area (Å²) in [5, 5.41) is 0.569. The molecule has 4 aromatic rings. The lowest BCUT2D eigenvalue weighted by Gasteiger charge is -2.38. The number of benzene rings is 3. The van der Waals surface area contributed by atoms with Crippen molar-refractivity contribution < 1.29 is 14.3 Å². The molecule has 3 aromatic carbocycles. The number of para-hydroxylation sites is 1. The summed E-state index contributed by atoms with van der Waals surface area (Å²) in [6, 6.07) is 19.3. The van der Waals surface area contributed by atoms with Gasteiger partial charge >= 0.3 is 0 Å². The standard InChI is InChI=1S/C29H29N3O4/c1-19-8-7-11-22-27(19)30-18-31(29(22)34)14-13-26(33)32-15-12-21-16-24(35-2)25(36-3)17-23(21)28(32)20-9-5-4-6-10-20/h4-11,16-18,28H,12-15H2,1-3H3. The molecule has 1 unspecified atom stereocenters. The smallest absolute Gasteiger partial charge is 0.261 e. The maximum atomic E-state index is 13.6. The maximum absolute atomic E-state index is 13.6. The highest BCUT2D eigenvalue weighted by atomic mass is 16.5. The lowest BCUT2D eigenvalue weighted by Crippen LogP contribution is -2.41. The molecule has 0 spiro atoms. The van der Waals surface area contributed by atoms with E-state index >= 15 is 0 Å². The first-order valence-electron chi connectivity index (χ1n) is 12.1. The quantitative estimate of drug-likeness (QED) is 0.409. The molecule has 0 N–H and O–H groups in total. The maximum Gasteiger partial charge on any atom is 0.261 e. The second kappa shape index (κ2) is 9.85. The Morgan fingerprint density at radius 1 is 1.03 bits per heavy atom. The van der Waals surface area contributed by atoms with Crippen LogP contribution in [0.1, 0.15) is 34.7 Å². The molecule has 0 fully saturated rings. The van der Waals surface area contributed by atoms with Gasteiger partial charge < -0.3 is 14.4 Å². The molecule has 1 aliphatic rings. The fourth-order valence-corrected chi connectivity index (χ4v) is 5.07. The van der Waals surface area contributed by atoms with E-state index in [-0.39, 0.29) is 30.5 Å². The van der Waals surface area contributed by atoms with Gasteiger partial charge in [0.25, 0.3) is 5.56 Å². The van der Waals surface area contributed by atoms with Crippen LogP contribution in [-0.2, 0) is 17.8 Å². The van der Waals surface area contributed by atoms with Gasteiger partial charge in [0.1, 0.15) is 0 Å². The molecule has 2 heterocycles. The third kappa shape index (κ3) is 4.21. The second-order valence-electron chi connectivity index (χ2n) is 9.02. The monoisotopic (exact) mass is 483 g/mol. The summed E-state index contributed by atoms with van der Waals surface area (Å²) in [6.45, 7) is 2.78. The molecule has 0 radical (unpaired) electrons. The van der Waals surface area contributed by atoms with Crippen molar-refractivity contribution in [3.05, 3.63) is 99.6 Å². The number of carbonyl (C=O) groups is 1. The number of aryl methyl sites for hydroxylation is 2. The average molecular weight is 484 g/mol. The van der Waals surface area contributed by atoms with Crippen LogP contribution in [0.15, 0.2) is 71.8 Å². The summed E-state index contributed by atoms with van der Waals surface area (Å²) in [5.74, 6) is 1.30. The topological polar surface area (TPSA) is 73.7 Å². The van der Waals surface area contributed by atoms with Gasteiger partial charge in [-0.25, -0.2) is 4.98 Å². The highest BCUT2D eigenvalue weighted by molar-refractivity contribution is 5.80. The molecule has 1 amide bonds. The normalized spacial score (nSPS) is 15.0. The Hall–Kier alpha value is -4.13. The summed E-state index contributed by atoms with van der Waals surface area (Å²) >= 11 is 0. The van der Waals surface area contributed by atoms with Gasteiger partial charge in [0.15, 0.2) is 11.5 Å². The number of hydrogen-bond donors (Lipinski definition) is 0. The first-order valence-corrected chi connectivity index (χ1v) is 12.1. The number of nitrogens with zero attached hydrogens (tertiary/aromatic N) is 3. The van der Waals surface area contributed by atoms with Crippen LogP contribution in [0.3, 0.4) is 0 Å². The zero-order valence-corrected chi connectivity index (χ0v) is 20.7. The fraction of sp³-hybridized carbons (Fsp3) is 0.276. The average Bonchev–Trinajstić information content (AvgIpc) is 2.92. The number of amides is 1. The first kappa shape index (κ1) is 23.6. The molecule has 5 rings (SSSR count). The number of fused-ring (bicyclic) bond motifs is 2. The minimum atomic E-state index is -0.253. The van der Waals surface area contributed by atoms with Gasteiger partial charge in [-0.05, 0) is 53.8 Å². The number of hydrogen-bond acceptors (Lipinski definition) is 5. The van der Waals surface area contributed by atoms with Crippen molar-refractivity contribution in [1.29, 1.82) is 0 Å². The predicted octanol–water partition coefficient (Wildman–Crippen LogP) is 4.29. The van der Waals surface area contributed by atoms with Gasteiger partial charge in [0, 0.05) is 19.5 Å². The van der Waals surface area contributed by atoms with E-state index in [1.54, 1.807) is 26.6 Å². The van der Waals surface area contributed by atoms with E-state index in [9.17, 15) is 9.59 Å². The Labute approximate surface area is 209 Å². The molecule has 0 aliphatic carbocycles. The predicted molar refractivity (Wildman–Crippen MR) is 139 cm³/mol. The number of methoxy groups -OCH3 is 2. The van der Waals surface area contributed by atoms with Gasteiger partial charge in [-0.15, -0.1) is 0 Å². The summed E-state index contributed by atoms with van der Waals surface area (Å²) in [5.41, 5.74) is 4.72. The molecular weight excluding hydrogens is 454 g/mol. The van der Waals surface area contributed by atoms with E-state index < -0.39 is 0 Å². The number of ether oxygens (including phenoxy) is 2. The van der Waals surface area contributed by atoms with Crippen molar-refractivity contribution in [2.45, 2.75) is 32.4 Å². The van der Waals surface area contributed by atoms with Crippen LogP contribution in [0.4, 0.5) is 0 Å². The number of aromatic nitrogens is 2. The molecule has 1 atom stereocenters. The fourth-order valence-electron chi connectivity index (χ4n) is 5.07. The Kier molecular flexibility index (Phi) is 6.46. The van der Waals surface area contributed by atoms with E-state index in [0.717, 1.165) is 22.3 Å². The van der Waals surface area contributed by atoms with Crippen molar-refractivity contribution in [3.8, 4) is 11.5 Å². The lowest BCUT2D eigenvalue weighted by molar-refractivity contribution is -0.133. The molecule has 1 aliphatic heterocycles. The Morgan fingerprint density at radius 3 is 2.53 bits per heavy atom. The summed E-state index contributed by atoms with van der Waals surface area (Å²) < 4.78 is 12.6. The Balaban J connectivity index is 1.46. The van der Waals surface area contributed by atoms with E-state index in [0.29, 0.717) is 35.4 Å². The highest BCUT2D eigenvalue weighted by Crippen LogP contribution is 2.41. The van der Waals surface area contributed by atoms with E-state index in [2.05, 4.69) is 4.98 Å². The number of carbonyl (C=O) groups excluding carboxylic acids is 1. The Morgan fingerprint density at radius 2 is 1.78 bits per heavy atom. The molecule has 184 valence electrons. The van der Waals surface area contributed by atoms with Crippen LogP contribution < -0.4 is 15.0 Å². The van der Waals surface area contributed by atoms with Crippen molar-refractivity contribution in [2.75, 3.05) is 20.8 Å². The van der Waals surface area contributed by atoms with Crippen LogP contribution in [0.5, 0.6) is 11.5 Å². The summed E-state index contributed by atoms with van der Waals surface area (Å²) in [4.78, 5) is 33.0. The minimum Gasteiger partial charge on any atom is -0.493 e. The van der Waals surface area contributed by atoms with Crippen molar-refractivity contribution in [3.63, 3.8) is 0 Å². The molecular formula is C29H29N3O4. The molecule has 0 saturated carbocycles. The van der Waals surface area contributed by atoms with Gasteiger partial charge in [-0.3, -0.25) is 14.2 Å². The molecule has 36 heavy (non-hydrogen) atoms. The van der Waals surface area contributed by atoms with Crippen LogP contribution in [0.25, 0.3) is 10.9 Å². The minimum absolute atomic E-state index is 0.0134. The Bertz CT molecular complexity index is 1480. The third-order valence-electron chi connectivity index (χ3n) is 6.93. The van der Waals surface area contributed by atoms with Crippen LogP contribution >= 0.6 is 0 Å². The first-order chi connectivity index (χ1) is 17.5. The van der Waals surface area contributed by atoms with Crippen LogP contribution in [0, 0.1) is 6.92 Å². The SMILES string of the molecule is COc1cc2c(cc1OC)C(c1ccccc1)N(C(=O)CCn1cnc3c(C)cccc3c1=O)CC2. The van der Waals surface area contributed by atoms with Crippen LogP contribution in [-0.4, -0.2) is 41.1 Å². The summed E-state index contributed by atoms with van der Waals surface area (Å²) in [7, 11) is 3.24. The van der Waals surface area contributed by atoms with Gasteiger partial charge in [-0.1, -0.05) is 42.5 Å². The highest BCUT2D eigenvalue weighted by Gasteiger charge is 2.33. The third-order valence-corrected chi connectivity index (χ3v) is 6.93. The molecule has 7 nitrogen and oxygen atoms in total. The summed E-state index contributed by atoms with van der Waals surface area (Å²) in [6.07, 6.45) is 2.45. The van der Waals surface area contributed by atoms with Gasteiger partial charge in [-0.2, -0.15) is 0 Å². The largest absolute Gasteiger partial charge is 0.493 e. The van der Waals surface area contributed by atoms with Crippen molar-refractivity contribution in [2.24, 2.45) is 0 Å². The van der Waals surface area contributed by atoms with E-state index in [1.807, 2.05) is 66.4 Å². The van der Waals surface area contributed by atoms with Crippen molar-refractivity contribution in [1.82, 2.24) is 14.5 Å². The van der Waals surface area contributed by atoms with E-state index in [4.69, 9.17) is 9.47 Å². The molecule has 1 aromatic heterocycles. The molecule has 0 saturated heterocycles. The van der Waals surface area contributed by atoms with Gasteiger partial charge in [0.05, 0.1) is 37.5 Å². The van der Waals surface area contributed by atoms with Gasteiger partial charge in [0.2, 0.25) is 5.91 Å². The molecule has 0 bridgehead atoms. The zero-order valence-electron chi connectivity index (χ0n) is 20.7. The van der Waals surface area contributed by atoms with Crippen LogP contribution in [0.2, 0.25) is 0 Å².